The van der Waals surface area contributed by atoms with Gasteiger partial charge in [-0.25, -0.2) is 0 Å². The van der Waals surface area contributed by atoms with Crippen LogP contribution in [0.15, 0.2) is 122 Å². The zero-order valence-corrected chi connectivity index (χ0v) is 27.4. The number of allylic oxidation sites excluding steroid dienone is 6. The van der Waals surface area contributed by atoms with E-state index in [4.69, 9.17) is 0 Å². The van der Waals surface area contributed by atoms with E-state index >= 15 is 0 Å². The fourth-order valence-corrected chi connectivity index (χ4v) is 7.26. The Labute approximate surface area is 277 Å². The SMILES string of the molecule is C=CCC(C)(C/C=C/C=C1/N(CCC(=O)O)c2c(ccc3ccccc23)C1(C)CC=C)c1ccc2ccccc2c1[NH2+]CCC(=O)O. The summed E-state index contributed by atoms with van der Waals surface area (Å²) in [6, 6.07) is 25.2. The molecule has 0 aliphatic carbocycles. The second-order valence-corrected chi connectivity index (χ2v) is 12.9. The average molecular weight is 630 g/mol. The van der Waals surface area contributed by atoms with Gasteiger partial charge in [-0.2, -0.15) is 0 Å². The van der Waals surface area contributed by atoms with Gasteiger partial charge in [-0.1, -0.05) is 98.0 Å². The minimum Gasteiger partial charge on any atom is -0.481 e. The molecule has 1 aliphatic heterocycles. The number of fused-ring (bicyclic) bond motifs is 4. The van der Waals surface area contributed by atoms with E-state index in [1.807, 2.05) is 36.4 Å². The molecule has 6 nitrogen and oxygen atoms in total. The van der Waals surface area contributed by atoms with Crippen LogP contribution in [-0.4, -0.2) is 35.2 Å². The lowest BCUT2D eigenvalue weighted by atomic mass is 9.75. The molecule has 4 aromatic rings. The number of quaternary nitrogens is 1. The molecule has 0 saturated heterocycles. The van der Waals surface area contributed by atoms with E-state index in [1.165, 1.54) is 5.56 Å². The number of anilines is 1. The average Bonchev–Trinajstić information content (AvgIpc) is 3.29. The number of hydrogen-bond acceptors (Lipinski definition) is 3. The Bertz CT molecular complexity index is 1890. The summed E-state index contributed by atoms with van der Waals surface area (Å²) in [6.07, 6.45) is 12.6. The molecule has 0 radical (unpaired) electrons. The van der Waals surface area contributed by atoms with Crippen LogP contribution >= 0.6 is 0 Å². The molecule has 0 fully saturated rings. The van der Waals surface area contributed by atoms with E-state index in [0.717, 1.165) is 57.0 Å². The van der Waals surface area contributed by atoms with Crippen LogP contribution in [0.5, 0.6) is 0 Å². The number of nitrogens with zero attached hydrogens (tertiary/aromatic N) is 1. The number of carbonyl (C=O) groups is 2. The number of aliphatic carboxylic acids is 2. The van der Waals surface area contributed by atoms with Gasteiger partial charge in [0.05, 0.1) is 25.1 Å². The van der Waals surface area contributed by atoms with Crippen LogP contribution < -0.4 is 10.2 Å². The third kappa shape index (κ3) is 6.79. The van der Waals surface area contributed by atoms with E-state index in [0.29, 0.717) is 19.5 Å². The zero-order valence-electron chi connectivity index (χ0n) is 27.4. The first-order chi connectivity index (χ1) is 22.6. The van der Waals surface area contributed by atoms with Crippen molar-refractivity contribution in [3.8, 4) is 0 Å². The van der Waals surface area contributed by atoms with Gasteiger partial charge in [0.15, 0.2) is 0 Å². The molecule has 0 saturated carbocycles. The molecule has 0 bridgehead atoms. The highest BCUT2D eigenvalue weighted by Crippen LogP contribution is 2.53. The van der Waals surface area contributed by atoms with Crippen molar-refractivity contribution < 1.29 is 25.1 Å². The summed E-state index contributed by atoms with van der Waals surface area (Å²) in [7, 11) is 0. The Morgan fingerprint density at radius 3 is 2.21 bits per heavy atom. The third-order valence-corrected chi connectivity index (χ3v) is 9.60. The van der Waals surface area contributed by atoms with E-state index in [2.05, 4.69) is 104 Å². The first-order valence-corrected chi connectivity index (χ1v) is 16.3. The molecule has 0 spiro atoms. The van der Waals surface area contributed by atoms with Crippen molar-refractivity contribution in [2.75, 3.05) is 18.0 Å². The van der Waals surface area contributed by atoms with Crippen LogP contribution in [-0.2, 0) is 20.4 Å². The Hall–Kier alpha value is -4.94. The highest BCUT2D eigenvalue weighted by Gasteiger charge is 2.43. The lowest BCUT2D eigenvalue weighted by molar-refractivity contribution is -0.569. The van der Waals surface area contributed by atoms with E-state index in [-0.39, 0.29) is 23.7 Å². The van der Waals surface area contributed by atoms with Crippen molar-refractivity contribution in [1.82, 2.24) is 0 Å². The van der Waals surface area contributed by atoms with E-state index < -0.39 is 11.9 Å². The van der Waals surface area contributed by atoms with Gasteiger partial charge in [-0.3, -0.25) is 9.59 Å². The smallest absolute Gasteiger partial charge is 0.309 e. The molecule has 2 unspecified atom stereocenters. The van der Waals surface area contributed by atoms with E-state index in [9.17, 15) is 19.8 Å². The van der Waals surface area contributed by atoms with Crippen LogP contribution in [0, 0.1) is 0 Å². The second-order valence-electron chi connectivity index (χ2n) is 12.9. The van der Waals surface area contributed by atoms with Crippen molar-refractivity contribution in [1.29, 1.82) is 0 Å². The van der Waals surface area contributed by atoms with Gasteiger partial charge < -0.3 is 20.4 Å². The van der Waals surface area contributed by atoms with Gasteiger partial charge in [-0.15, -0.1) is 13.2 Å². The van der Waals surface area contributed by atoms with Crippen molar-refractivity contribution >= 4 is 44.9 Å². The molecule has 0 aromatic heterocycles. The van der Waals surface area contributed by atoms with Crippen LogP contribution in [0.1, 0.15) is 57.1 Å². The summed E-state index contributed by atoms with van der Waals surface area (Å²) >= 11 is 0. The molecule has 5 rings (SSSR count). The minimum absolute atomic E-state index is 0.0222. The minimum atomic E-state index is -0.828. The summed E-state index contributed by atoms with van der Waals surface area (Å²) in [6.45, 7) is 13.4. The van der Waals surface area contributed by atoms with Gasteiger partial charge >= 0.3 is 11.9 Å². The normalized spacial score (nSPS) is 18.1. The summed E-state index contributed by atoms with van der Waals surface area (Å²) < 4.78 is 0. The summed E-state index contributed by atoms with van der Waals surface area (Å²) in [5.41, 5.74) is 4.88. The van der Waals surface area contributed by atoms with E-state index in [1.54, 1.807) is 0 Å². The van der Waals surface area contributed by atoms with Crippen molar-refractivity contribution in [3.63, 3.8) is 0 Å². The first kappa shape index (κ1) is 33.4. The lowest BCUT2D eigenvalue weighted by Crippen LogP contribution is -2.79. The Kier molecular flexibility index (Phi) is 10.1. The molecule has 47 heavy (non-hydrogen) atoms. The maximum absolute atomic E-state index is 11.8. The number of rotatable bonds is 15. The molecular weight excluding hydrogens is 584 g/mol. The fraction of sp³-hybridized carbons (Fsp3) is 0.268. The molecular formula is C41H45N2O4+. The number of benzene rings is 4. The molecule has 242 valence electrons. The Morgan fingerprint density at radius 1 is 0.872 bits per heavy atom. The van der Waals surface area contributed by atoms with Crippen molar-refractivity contribution in [2.24, 2.45) is 0 Å². The van der Waals surface area contributed by atoms with Gasteiger partial charge in [0.1, 0.15) is 5.69 Å². The number of hydrogen-bond donors (Lipinski definition) is 3. The van der Waals surface area contributed by atoms with Gasteiger partial charge in [0, 0.05) is 39.4 Å². The topological polar surface area (TPSA) is 94.5 Å². The third-order valence-electron chi connectivity index (χ3n) is 9.60. The van der Waals surface area contributed by atoms with Crippen molar-refractivity contribution in [3.05, 3.63) is 133 Å². The van der Waals surface area contributed by atoms with Gasteiger partial charge in [0.2, 0.25) is 0 Å². The highest BCUT2D eigenvalue weighted by atomic mass is 16.4. The lowest BCUT2D eigenvalue weighted by Gasteiger charge is -2.30. The predicted octanol–water partition coefficient (Wildman–Crippen LogP) is 8.16. The molecule has 2 atom stereocenters. The monoisotopic (exact) mass is 629 g/mol. The van der Waals surface area contributed by atoms with Gasteiger partial charge in [-0.05, 0) is 54.7 Å². The van der Waals surface area contributed by atoms with Gasteiger partial charge in [0.25, 0.3) is 0 Å². The Balaban J connectivity index is 1.55. The standard InChI is InChI=1S/C41H44N2O4/c1-5-24-40(3,33-20-18-29-13-7-9-15-31(29)38(33)42-27-22-36(44)45)26-12-11-17-35-41(4,25-6-2)34-21-19-30-14-8-10-16-32(30)39(34)43(35)28-23-37(46)47/h5-21,42H,1-2,22-28H2,3-4H3,(H,44,45)(H,46,47)/p+1/b12-11+,35-17+. The molecule has 1 heterocycles. The predicted molar refractivity (Wildman–Crippen MR) is 192 cm³/mol. The zero-order chi connectivity index (χ0) is 33.6. The maximum atomic E-state index is 11.8. The number of carboxylic acid groups (broad SMARTS) is 2. The number of nitrogens with two attached hydrogens (primary N) is 1. The molecule has 1 aliphatic rings. The molecule has 0 amide bonds. The maximum Gasteiger partial charge on any atom is 0.309 e. The summed E-state index contributed by atoms with van der Waals surface area (Å²) in [5, 5.41) is 25.5. The molecule has 6 heteroatoms. The molecule has 4 aromatic carbocycles. The molecule has 4 N–H and O–H groups in total. The Morgan fingerprint density at radius 2 is 1.53 bits per heavy atom. The van der Waals surface area contributed by atoms with Crippen LogP contribution in [0.3, 0.4) is 0 Å². The summed E-state index contributed by atoms with van der Waals surface area (Å²) in [5.74, 6) is -1.64. The van der Waals surface area contributed by atoms with Crippen LogP contribution in [0.25, 0.3) is 21.5 Å². The quantitative estimate of drug-likeness (QED) is 0.0911. The number of carboxylic acids is 2. The largest absolute Gasteiger partial charge is 0.481 e. The summed E-state index contributed by atoms with van der Waals surface area (Å²) in [4.78, 5) is 25.3. The second kappa shape index (κ2) is 14.2. The van der Waals surface area contributed by atoms with Crippen LogP contribution in [0.4, 0.5) is 11.4 Å². The van der Waals surface area contributed by atoms with Crippen LogP contribution in [0.2, 0.25) is 0 Å². The van der Waals surface area contributed by atoms with Crippen molar-refractivity contribution in [2.45, 2.75) is 56.8 Å². The first-order valence-electron chi connectivity index (χ1n) is 16.3. The fourth-order valence-electron chi connectivity index (χ4n) is 7.26. The highest BCUT2D eigenvalue weighted by molar-refractivity contribution is 6.00.